The maximum absolute atomic E-state index is 11.4. The predicted molar refractivity (Wildman–Crippen MR) is 55.6 cm³/mol. The van der Waals surface area contributed by atoms with Crippen LogP contribution in [0.4, 0.5) is 0 Å². The summed E-state index contributed by atoms with van der Waals surface area (Å²) in [5, 5.41) is 0.526. The summed E-state index contributed by atoms with van der Waals surface area (Å²) in [6, 6.07) is 3.26. The van der Waals surface area contributed by atoms with Crippen molar-refractivity contribution in [2.24, 2.45) is 0 Å². The molecule has 1 aliphatic rings. The minimum absolute atomic E-state index is 0.0632. The van der Waals surface area contributed by atoms with Crippen molar-refractivity contribution in [3.63, 3.8) is 0 Å². The van der Waals surface area contributed by atoms with Crippen molar-refractivity contribution in [1.82, 2.24) is 9.88 Å². The number of amides is 2. The molecule has 1 fully saturated rings. The summed E-state index contributed by atoms with van der Waals surface area (Å²) >= 11 is 5.78. The van der Waals surface area contributed by atoms with Gasteiger partial charge in [0.15, 0.2) is 0 Å². The van der Waals surface area contributed by atoms with Crippen LogP contribution in [-0.2, 0) is 20.9 Å². The molecular weight excluding hydrogens is 232 g/mol. The van der Waals surface area contributed by atoms with Gasteiger partial charge in [0.2, 0.25) is 0 Å². The van der Waals surface area contributed by atoms with Crippen LogP contribution >= 0.6 is 11.6 Å². The van der Waals surface area contributed by atoms with Gasteiger partial charge in [-0.3, -0.25) is 19.5 Å². The van der Waals surface area contributed by atoms with Gasteiger partial charge in [0.25, 0.3) is 11.8 Å². The lowest BCUT2D eigenvalue weighted by Gasteiger charge is -2.24. The van der Waals surface area contributed by atoms with Crippen molar-refractivity contribution in [3.8, 4) is 0 Å². The van der Waals surface area contributed by atoms with Crippen LogP contribution in [0, 0.1) is 0 Å². The van der Waals surface area contributed by atoms with E-state index in [0.717, 1.165) is 4.90 Å². The van der Waals surface area contributed by atoms with Gasteiger partial charge in [0.05, 0.1) is 12.2 Å². The summed E-state index contributed by atoms with van der Waals surface area (Å²) in [5.74, 6) is -0.698. The van der Waals surface area contributed by atoms with Crippen LogP contribution in [-0.4, -0.2) is 34.9 Å². The largest absolute Gasteiger partial charge is 0.362 e. The Bertz CT molecular complexity index is 420. The second-order valence-electron chi connectivity index (χ2n) is 3.33. The van der Waals surface area contributed by atoms with E-state index in [9.17, 15) is 9.59 Å². The number of hydrogen-bond acceptors (Lipinski definition) is 4. The van der Waals surface area contributed by atoms with E-state index >= 15 is 0 Å². The quantitative estimate of drug-likeness (QED) is 0.711. The lowest BCUT2D eigenvalue weighted by Crippen LogP contribution is -2.45. The molecule has 0 radical (unpaired) electrons. The summed E-state index contributed by atoms with van der Waals surface area (Å²) in [6.07, 6.45) is 1.53. The maximum atomic E-state index is 11.4. The number of halogens is 1. The number of nitrogens with zero attached hydrogens (tertiary/aromatic N) is 2. The molecule has 84 valence electrons. The molecule has 2 rings (SSSR count). The zero-order valence-electron chi connectivity index (χ0n) is 8.35. The molecule has 5 nitrogen and oxygen atoms in total. The van der Waals surface area contributed by atoms with Gasteiger partial charge in [-0.25, -0.2) is 0 Å². The molecule has 0 aliphatic carbocycles. The van der Waals surface area contributed by atoms with Crippen LogP contribution in [0.25, 0.3) is 0 Å². The van der Waals surface area contributed by atoms with E-state index in [0.29, 0.717) is 10.7 Å². The van der Waals surface area contributed by atoms with E-state index < -0.39 is 0 Å². The molecule has 0 aromatic carbocycles. The van der Waals surface area contributed by atoms with Gasteiger partial charge in [-0.1, -0.05) is 11.6 Å². The smallest absolute Gasteiger partial charge is 0.255 e. The molecule has 2 amide bonds. The number of pyridine rings is 1. The van der Waals surface area contributed by atoms with Crippen molar-refractivity contribution in [2.45, 2.75) is 6.54 Å². The van der Waals surface area contributed by atoms with E-state index in [1.165, 1.54) is 6.20 Å². The number of morpholine rings is 1. The van der Waals surface area contributed by atoms with Gasteiger partial charge in [0.1, 0.15) is 13.2 Å². The minimum atomic E-state index is -0.349. The van der Waals surface area contributed by atoms with Crippen molar-refractivity contribution in [1.29, 1.82) is 0 Å². The standard InChI is InChI=1S/C10H9ClN2O3/c11-7-1-2-12-8(3-7)4-13-9(14)5-16-6-10(13)15/h1-3H,4-6H2. The summed E-state index contributed by atoms with van der Waals surface area (Å²) in [5.41, 5.74) is 0.580. The number of hydrogen-bond donors (Lipinski definition) is 0. The Balaban J connectivity index is 2.13. The van der Waals surface area contributed by atoms with Crippen molar-refractivity contribution < 1.29 is 14.3 Å². The number of imide groups is 1. The number of aromatic nitrogens is 1. The van der Waals surface area contributed by atoms with Gasteiger partial charge < -0.3 is 4.74 Å². The highest BCUT2D eigenvalue weighted by atomic mass is 35.5. The molecule has 16 heavy (non-hydrogen) atoms. The van der Waals surface area contributed by atoms with Gasteiger partial charge in [-0.2, -0.15) is 0 Å². The normalized spacial score (nSPS) is 16.7. The van der Waals surface area contributed by atoms with Crippen LogP contribution in [0.15, 0.2) is 18.3 Å². The van der Waals surface area contributed by atoms with Crippen LogP contribution in [0.2, 0.25) is 5.02 Å². The number of ether oxygens (including phenoxy) is 1. The first-order valence-electron chi connectivity index (χ1n) is 4.68. The molecule has 1 saturated heterocycles. The lowest BCUT2D eigenvalue weighted by atomic mass is 10.3. The fraction of sp³-hybridized carbons (Fsp3) is 0.300. The topological polar surface area (TPSA) is 59.5 Å². The van der Waals surface area contributed by atoms with Gasteiger partial charge in [-0.05, 0) is 12.1 Å². The Kier molecular flexibility index (Phi) is 3.17. The Labute approximate surface area is 97.0 Å². The first-order chi connectivity index (χ1) is 7.66. The van der Waals surface area contributed by atoms with E-state index in [1.54, 1.807) is 12.1 Å². The van der Waals surface area contributed by atoms with Gasteiger partial charge >= 0.3 is 0 Å². The highest BCUT2D eigenvalue weighted by Crippen LogP contribution is 2.11. The summed E-state index contributed by atoms with van der Waals surface area (Å²) in [7, 11) is 0. The third kappa shape index (κ3) is 2.37. The van der Waals surface area contributed by atoms with Crippen molar-refractivity contribution >= 4 is 23.4 Å². The van der Waals surface area contributed by atoms with Crippen LogP contribution in [0.5, 0.6) is 0 Å². The molecule has 1 aliphatic heterocycles. The predicted octanol–water partition coefficient (Wildman–Crippen LogP) is 0.620. The zero-order chi connectivity index (χ0) is 11.5. The lowest BCUT2D eigenvalue weighted by molar-refractivity contribution is -0.159. The fourth-order valence-corrected chi connectivity index (χ4v) is 1.58. The number of rotatable bonds is 2. The molecule has 0 bridgehead atoms. The van der Waals surface area contributed by atoms with Gasteiger partial charge in [0, 0.05) is 11.2 Å². The molecule has 2 heterocycles. The van der Waals surface area contributed by atoms with Crippen LogP contribution in [0.1, 0.15) is 5.69 Å². The van der Waals surface area contributed by atoms with Crippen molar-refractivity contribution in [3.05, 3.63) is 29.0 Å². The second kappa shape index (κ2) is 4.59. The van der Waals surface area contributed by atoms with Crippen LogP contribution in [0.3, 0.4) is 0 Å². The Morgan fingerprint density at radius 3 is 2.69 bits per heavy atom. The average molecular weight is 241 g/mol. The molecule has 0 unspecified atom stereocenters. The van der Waals surface area contributed by atoms with Crippen LogP contribution < -0.4 is 0 Å². The van der Waals surface area contributed by atoms with E-state index in [-0.39, 0.29) is 31.6 Å². The summed E-state index contributed by atoms with van der Waals surface area (Å²) in [6.45, 7) is 0.0141. The van der Waals surface area contributed by atoms with Crippen molar-refractivity contribution in [2.75, 3.05) is 13.2 Å². The third-order valence-corrected chi connectivity index (χ3v) is 2.39. The third-order valence-electron chi connectivity index (χ3n) is 2.15. The average Bonchev–Trinajstić information content (AvgIpc) is 2.24. The molecule has 0 saturated carbocycles. The first-order valence-corrected chi connectivity index (χ1v) is 5.06. The first kappa shape index (κ1) is 11.0. The second-order valence-corrected chi connectivity index (χ2v) is 3.77. The minimum Gasteiger partial charge on any atom is -0.362 e. The molecule has 1 aromatic rings. The van der Waals surface area contributed by atoms with E-state index in [4.69, 9.17) is 16.3 Å². The molecule has 0 spiro atoms. The zero-order valence-corrected chi connectivity index (χ0v) is 9.11. The molecule has 6 heteroatoms. The Morgan fingerprint density at radius 2 is 2.06 bits per heavy atom. The maximum Gasteiger partial charge on any atom is 0.255 e. The highest BCUT2D eigenvalue weighted by molar-refractivity contribution is 6.30. The highest BCUT2D eigenvalue weighted by Gasteiger charge is 2.26. The van der Waals surface area contributed by atoms with E-state index in [2.05, 4.69) is 4.98 Å². The van der Waals surface area contributed by atoms with Gasteiger partial charge in [-0.15, -0.1) is 0 Å². The fourth-order valence-electron chi connectivity index (χ4n) is 1.39. The Morgan fingerprint density at radius 1 is 1.38 bits per heavy atom. The van der Waals surface area contributed by atoms with E-state index in [1.807, 2.05) is 0 Å². The molecular formula is C10H9ClN2O3. The SMILES string of the molecule is O=C1COCC(=O)N1Cc1cc(Cl)ccn1. The molecule has 1 aromatic heterocycles. The Hall–Kier alpha value is -1.46. The molecule has 0 N–H and O–H groups in total. The molecule has 0 atom stereocenters. The summed E-state index contributed by atoms with van der Waals surface area (Å²) < 4.78 is 4.80. The number of carbonyl (C=O) groups is 2. The number of carbonyl (C=O) groups excluding carboxylic acids is 2. The summed E-state index contributed by atoms with van der Waals surface area (Å²) in [4.78, 5) is 28.0. The monoisotopic (exact) mass is 240 g/mol.